The molecule has 2 aromatic rings. The van der Waals surface area contributed by atoms with Gasteiger partial charge in [0.1, 0.15) is 16.8 Å². The van der Waals surface area contributed by atoms with E-state index >= 15 is 0 Å². The number of methoxy groups -OCH3 is 1. The lowest BCUT2D eigenvalue weighted by atomic mass is 9.97. The molecule has 0 bridgehead atoms. The highest BCUT2D eigenvalue weighted by molar-refractivity contribution is 8.00. The second kappa shape index (κ2) is 17.8. The molecule has 0 aromatic carbocycles. The summed E-state index contributed by atoms with van der Waals surface area (Å²) in [5.41, 5.74) is 9.90. The average molecular weight is 643 g/mol. The first-order valence-corrected chi connectivity index (χ1v) is 16.1. The Balaban J connectivity index is 0.00000271. The fourth-order valence-electron chi connectivity index (χ4n) is 4.53. The van der Waals surface area contributed by atoms with Crippen LogP contribution in [0.15, 0.2) is 35.7 Å². The van der Waals surface area contributed by atoms with Crippen molar-refractivity contribution in [3.8, 4) is 28.7 Å². The first-order valence-electron chi connectivity index (χ1n) is 15.1. The van der Waals surface area contributed by atoms with E-state index in [1.165, 1.54) is 43.5 Å². The molecule has 244 valence electrons. The minimum atomic E-state index is -2.82. The summed E-state index contributed by atoms with van der Waals surface area (Å²) in [6, 6.07) is 3.01. The zero-order chi connectivity index (χ0) is 32.9. The number of hydrazine groups is 1. The van der Waals surface area contributed by atoms with Gasteiger partial charge in [0.2, 0.25) is 0 Å². The number of allylic oxidation sites excluding steroid dienone is 1. The Morgan fingerprint density at radius 1 is 1.18 bits per heavy atom. The number of alkyl halides is 2. The third-order valence-corrected chi connectivity index (χ3v) is 8.23. The molecule has 3 heterocycles. The van der Waals surface area contributed by atoms with Crippen molar-refractivity contribution < 1.29 is 18.3 Å². The monoisotopic (exact) mass is 642 g/mol. The second-order valence-corrected chi connectivity index (χ2v) is 12.0. The van der Waals surface area contributed by atoms with E-state index in [0.717, 1.165) is 38.8 Å². The molecule has 1 aliphatic heterocycles. The van der Waals surface area contributed by atoms with Crippen LogP contribution >= 0.6 is 11.8 Å². The van der Waals surface area contributed by atoms with E-state index in [0.29, 0.717) is 22.7 Å². The van der Waals surface area contributed by atoms with Gasteiger partial charge in [-0.15, -0.1) is 11.8 Å². The van der Waals surface area contributed by atoms with Crippen molar-refractivity contribution in [1.82, 2.24) is 25.6 Å². The van der Waals surface area contributed by atoms with Gasteiger partial charge in [0, 0.05) is 41.2 Å². The number of hydrogen-bond donors (Lipinski definition) is 4. The molecule has 1 saturated heterocycles. The van der Waals surface area contributed by atoms with Gasteiger partial charge in [-0.1, -0.05) is 25.7 Å². The number of nitrogens with one attached hydrogen (secondary N) is 2. The highest BCUT2D eigenvalue weighted by Crippen LogP contribution is 2.36. The molecule has 0 spiro atoms. The van der Waals surface area contributed by atoms with Crippen LogP contribution in [0.1, 0.15) is 74.6 Å². The number of hydrogen-bond acceptors (Lipinski definition) is 10. The molecular weight excluding hydrogens is 598 g/mol. The zero-order valence-corrected chi connectivity index (χ0v) is 27.3. The van der Waals surface area contributed by atoms with E-state index in [2.05, 4.69) is 44.5 Å². The summed E-state index contributed by atoms with van der Waals surface area (Å²) in [7, 11) is 3.49. The summed E-state index contributed by atoms with van der Waals surface area (Å²) >= 11 is 1.34. The molecule has 2 fully saturated rings. The topological polar surface area (TPSA) is 144 Å². The summed E-state index contributed by atoms with van der Waals surface area (Å²) in [6.07, 6.45) is 6.89. The summed E-state index contributed by atoms with van der Waals surface area (Å²) in [4.78, 5) is 28.9. The number of ether oxygens (including phenoxy) is 1. The van der Waals surface area contributed by atoms with Gasteiger partial charge in [0.05, 0.1) is 36.0 Å². The summed E-state index contributed by atoms with van der Waals surface area (Å²) in [5.74, 6) is 12.1. The van der Waals surface area contributed by atoms with Crippen molar-refractivity contribution in [3.05, 3.63) is 47.7 Å². The molecule has 4 rings (SSSR count). The van der Waals surface area contributed by atoms with E-state index in [1.54, 1.807) is 12.3 Å². The minimum Gasteiger partial charge on any atom is -0.494 e. The van der Waals surface area contributed by atoms with Crippen molar-refractivity contribution in [2.45, 2.75) is 69.7 Å². The lowest BCUT2D eigenvalue weighted by Gasteiger charge is -2.26. The molecule has 6 N–H and O–H groups in total. The van der Waals surface area contributed by atoms with Gasteiger partial charge in [0.25, 0.3) is 12.3 Å². The van der Waals surface area contributed by atoms with Gasteiger partial charge < -0.3 is 20.7 Å². The van der Waals surface area contributed by atoms with E-state index in [-0.39, 0.29) is 28.3 Å². The molecule has 2 aromatic heterocycles. The molecular formula is C32H44F2N8O2S. The van der Waals surface area contributed by atoms with Gasteiger partial charge in [-0.3, -0.25) is 25.6 Å². The van der Waals surface area contributed by atoms with Gasteiger partial charge in [-0.2, -0.15) is 0 Å². The predicted octanol–water partition coefficient (Wildman–Crippen LogP) is 4.59. The molecule has 1 aliphatic carbocycles. The number of nitrogens with two attached hydrogens (primary N) is 2. The lowest BCUT2D eigenvalue weighted by molar-refractivity contribution is 0.0952. The van der Waals surface area contributed by atoms with E-state index in [9.17, 15) is 13.6 Å². The van der Waals surface area contributed by atoms with Crippen LogP contribution < -0.4 is 27.1 Å². The van der Waals surface area contributed by atoms with Crippen LogP contribution in [-0.2, 0) is 0 Å². The molecule has 13 heteroatoms. The number of nitrogens with zero attached hydrogens (tertiary/aromatic N) is 4. The molecule has 1 amide bonds. The molecule has 1 saturated carbocycles. The Bertz CT molecular complexity index is 1400. The quantitative estimate of drug-likeness (QED) is 0.0910. The van der Waals surface area contributed by atoms with Crippen LogP contribution in [0.5, 0.6) is 5.75 Å². The molecule has 2 unspecified atom stereocenters. The lowest BCUT2D eigenvalue weighted by Crippen LogP contribution is -2.37. The van der Waals surface area contributed by atoms with Crippen LogP contribution in [0.4, 0.5) is 8.78 Å². The number of thioether (sulfide) groups is 1. The molecule has 2 atom stereocenters. The van der Waals surface area contributed by atoms with Gasteiger partial charge in [-0.25, -0.2) is 14.2 Å². The maximum atomic E-state index is 13.7. The van der Waals surface area contributed by atoms with Gasteiger partial charge in [-0.05, 0) is 64.9 Å². The maximum Gasteiger partial charge on any atom is 0.280 e. The number of rotatable bonds is 11. The van der Waals surface area contributed by atoms with Crippen LogP contribution in [0.25, 0.3) is 16.7 Å². The zero-order valence-electron chi connectivity index (χ0n) is 26.5. The Morgan fingerprint density at radius 2 is 1.89 bits per heavy atom. The number of likely N-dealkylation sites (tertiary alicyclic amines) is 1. The predicted molar refractivity (Wildman–Crippen MR) is 178 cm³/mol. The number of amides is 1. The standard InChI is InChI=1S/C30H38F2N8O2S.C2H6/c1-18(43-28(39-34)7-6-19-4-5-19)38-30(41)24-16-36-25(20(14-33)15-35-21-8-10-40(2)11-9-21)12-22(24)23-13-26(29(31)32)37-17-27(23)42-3;1-2/h12-19,21,28-29,39H,4-5,8-11,33-34H2,1-3H3,(H,38,41);1-2H3/b20-14+,35-15?;. The average Bonchev–Trinajstić information content (AvgIpc) is 3.89. The Hall–Kier alpha value is -3.57. The first kappa shape index (κ1) is 35.9. The number of carbonyl (C=O) groups is 1. The van der Waals surface area contributed by atoms with Crippen LogP contribution in [0.3, 0.4) is 0 Å². The highest BCUT2D eigenvalue weighted by Gasteiger charge is 2.24. The minimum absolute atomic E-state index is 0.157. The number of halogens is 2. The Morgan fingerprint density at radius 3 is 2.49 bits per heavy atom. The number of aromatic nitrogens is 2. The van der Waals surface area contributed by atoms with Crippen molar-refractivity contribution in [1.29, 1.82) is 0 Å². The fraction of sp³-hybridized carbons (Fsp3) is 0.500. The molecule has 10 nitrogen and oxygen atoms in total. The van der Waals surface area contributed by atoms with E-state index in [4.69, 9.17) is 21.3 Å². The smallest absolute Gasteiger partial charge is 0.280 e. The van der Waals surface area contributed by atoms with Crippen molar-refractivity contribution >= 4 is 29.5 Å². The number of aliphatic imine (C=N–C) groups is 1. The van der Waals surface area contributed by atoms with Crippen LogP contribution in [-0.4, -0.2) is 71.0 Å². The van der Waals surface area contributed by atoms with Gasteiger partial charge in [0.15, 0.2) is 0 Å². The van der Waals surface area contributed by atoms with Crippen molar-refractivity contribution in [3.63, 3.8) is 0 Å². The number of piperidine rings is 1. The molecule has 45 heavy (non-hydrogen) atoms. The third-order valence-electron chi connectivity index (χ3n) is 7.18. The van der Waals surface area contributed by atoms with E-state index in [1.807, 2.05) is 20.8 Å². The third kappa shape index (κ3) is 10.5. The summed E-state index contributed by atoms with van der Waals surface area (Å²) < 4.78 is 32.8. The second-order valence-electron chi connectivity index (χ2n) is 10.5. The fourth-order valence-corrected chi connectivity index (χ4v) is 5.33. The maximum absolute atomic E-state index is 13.7. The molecule has 2 aliphatic rings. The van der Waals surface area contributed by atoms with Crippen molar-refractivity contribution in [2.24, 2.45) is 22.5 Å². The first-order chi connectivity index (χ1) is 21.7. The van der Waals surface area contributed by atoms with E-state index < -0.39 is 23.4 Å². The highest BCUT2D eigenvalue weighted by atomic mass is 32.2. The summed E-state index contributed by atoms with van der Waals surface area (Å²) in [6.45, 7) is 7.72. The van der Waals surface area contributed by atoms with Crippen LogP contribution in [0.2, 0.25) is 0 Å². The van der Waals surface area contributed by atoms with Crippen LogP contribution in [0, 0.1) is 17.8 Å². The number of carbonyl (C=O) groups excluding carboxylic acids is 1. The Kier molecular flexibility index (Phi) is 14.2. The van der Waals surface area contributed by atoms with Gasteiger partial charge >= 0.3 is 0 Å². The largest absolute Gasteiger partial charge is 0.494 e. The SMILES string of the molecule is CC.COc1cnc(C(F)F)cc1-c1cc(/C(C=NC2CCN(C)CC2)=C/N)ncc1C(=O)NC(C)SC(C#CC1CC1)NN. The molecule has 0 radical (unpaired) electrons. The summed E-state index contributed by atoms with van der Waals surface area (Å²) in [5, 5.41) is 2.15. The van der Waals surface area contributed by atoms with Crippen molar-refractivity contribution in [2.75, 3.05) is 27.2 Å². The Labute approximate surface area is 268 Å². The number of pyridine rings is 2. The normalized spacial score (nSPS) is 17.2.